The van der Waals surface area contributed by atoms with Gasteiger partial charge in [0.15, 0.2) is 5.82 Å². The molecule has 6 heteroatoms. The highest BCUT2D eigenvalue weighted by Crippen LogP contribution is 2.50. The summed E-state index contributed by atoms with van der Waals surface area (Å²) in [6.45, 7) is 0.899. The van der Waals surface area contributed by atoms with Crippen LogP contribution in [0.3, 0.4) is 0 Å². The Kier molecular flexibility index (Phi) is 3.71. The summed E-state index contributed by atoms with van der Waals surface area (Å²) in [5, 5.41) is 4.38. The maximum atomic E-state index is 12.9. The van der Waals surface area contributed by atoms with Crippen molar-refractivity contribution in [1.29, 1.82) is 0 Å². The van der Waals surface area contributed by atoms with Gasteiger partial charge in [-0.25, -0.2) is 9.50 Å². The molecule has 3 aliphatic rings. The molecule has 3 fully saturated rings. The van der Waals surface area contributed by atoms with Crippen molar-refractivity contribution in [2.24, 2.45) is 17.8 Å². The Hall–Kier alpha value is -1.98. The lowest BCUT2D eigenvalue weighted by atomic mass is 9.83. The number of hydrogen-bond donors (Lipinski definition) is 0. The van der Waals surface area contributed by atoms with E-state index in [0.29, 0.717) is 17.6 Å². The average Bonchev–Trinajstić information content (AvgIpc) is 3.38. The molecule has 4 atom stereocenters. The van der Waals surface area contributed by atoms with Gasteiger partial charge in [-0.15, -0.1) is 5.10 Å². The fourth-order valence-electron chi connectivity index (χ4n) is 5.51. The third-order valence-corrected chi connectivity index (χ3v) is 6.63. The van der Waals surface area contributed by atoms with Crippen molar-refractivity contribution in [2.45, 2.75) is 57.4 Å². The number of amides is 1. The topological polar surface area (TPSA) is 63.4 Å². The molecule has 132 valence electrons. The van der Waals surface area contributed by atoms with Crippen LogP contribution in [-0.4, -0.2) is 43.0 Å². The van der Waals surface area contributed by atoms with Gasteiger partial charge in [0.05, 0.1) is 6.42 Å². The molecule has 0 spiro atoms. The molecular formula is C19H25N5O. The van der Waals surface area contributed by atoms with Crippen LogP contribution < -0.4 is 0 Å². The Morgan fingerprint density at radius 2 is 2.20 bits per heavy atom. The Labute approximate surface area is 147 Å². The monoisotopic (exact) mass is 339 g/mol. The Balaban J connectivity index is 1.25. The van der Waals surface area contributed by atoms with Crippen molar-refractivity contribution >= 4 is 11.7 Å². The lowest BCUT2D eigenvalue weighted by molar-refractivity contribution is -0.131. The standard InChI is InChI=1S/C19H25N5O/c25-18(12-17-21-19-20-6-2-8-24(19)22-17)23-7-1-3-16(23)11-15-10-13-4-5-14(15)9-13/h2,6,8,13-16H,1,3-5,7,9-12H2/t13-,14-,15+,16+/m0/s1. The van der Waals surface area contributed by atoms with Gasteiger partial charge < -0.3 is 4.90 Å². The molecule has 0 aromatic carbocycles. The van der Waals surface area contributed by atoms with Crippen molar-refractivity contribution in [3.8, 4) is 0 Å². The van der Waals surface area contributed by atoms with Crippen molar-refractivity contribution in [1.82, 2.24) is 24.5 Å². The van der Waals surface area contributed by atoms with Gasteiger partial charge in [-0.1, -0.05) is 6.42 Å². The molecule has 2 aromatic rings. The molecular weight excluding hydrogens is 314 g/mol. The highest BCUT2D eigenvalue weighted by molar-refractivity contribution is 5.78. The second-order valence-corrected chi connectivity index (χ2v) is 8.12. The largest absolute Gasteiger partial charge is 0.339 e. The van der Waals surface area contributed by atoms with E-state index < -0.39 is 0 Å². The number of hydrogen-bond acceptors (Lipinski definition) is 4. The molecule has 0 N–H and O–H groups in total. The minimum atomic E-state index is 0.182. The van der Waals surface area contributed by atoms with Gasteiger partial charge in [0, 0.05) is 25.0 Å². The van der Waals surface area contributed by atoms with Crippen LogP contribution in [0.2, 0.25) is 0 Å². The van der Waals surface area contributed by atoms with E-state index >= 15 is 0 Å². The smallest absolute Gasteiger partial charge is 0.252 e. The van der Waals surface area contributed by atoms with Crippen molar-refractivity contribution in [3.63, 3.8) is 0 Å². The van der Waals surface area contributed by atoms with E-state index in [1.54, 1.807) is 10.7 Å². The molecule has 2 saturated carbocycles. The number of carbonyl (C=O) groups excluding carboxylic acids is 1. The van der Waals surface area contributed by atoms with Gasteiger partial charge >= 0.3 is 0 Å². The minimum Gasteiger partial charge on any atom is -0.339 e. The van der Waals surface area contributed by atoms with Crippen LogP contribution in [0.4, 0.5) is 0 Å². The number of nitrogens with zero attached hydrogens (tertiary/aromatic N) is 5. The molecule has 2 bridgehead atoms. The van der Waals surface area contributed by atoms with E-state index in [4.69, 9.17) is 0 Å². The van der Waals surface area contributed by atoms with Crippen LogP contribution >= 0.6 is 0 Å². The first-order valence-electron chi connectivity index (χ1n) is 9.72. The van der Waals surface area contributed by atoms with Crippen LogP contribution in [0.15, 0.2) is 18.5 Å². The third-order valence-electron chi connectivity index (χ3n) is 6.63. The molecule has 5 rings (SSSR count). The molecule has 1 aliphatic heterocycles. The van der Waals surface area contributed by atoms with E-state index in [9.17, 15) is 4.79 Å². The third kappa shape index (κ3) is 2.81. The van der Waals surface area contributed by atoms with E-state index in [0.717, 1.165) is 30.7 Å². The predicted octanol–water partition coefficient (Wildman–Crippen LogP) is 2.48. The molecule has 2 aromatic heterocycles. The summed E-state index contributed by atoms with van der Waals surface area (Å²) in [5.41, 5.74) is 0. The second-order valence-electron chi connectivity index (χ2n) is 8.12. The first-order valence-corrected chi connectivity index (χ1v) is 9.72. The van der Waals surface area contributed by atoms with Crippen LogP contribution in [0.25, 0.3) is 5.78 Å². The highest BCUT2D eigenvalue weighted by atomic mass is 16.2. The molecule has 6 nitrogen and oxygen atoms in total. The summed E-state index contributed by atoms with van der Waals surface area (Å²) >= 11 is 0. The molecule has 25 heavy (non-hydrogen) atoms. The molecule has 3 heterocycles. The van der Waals surface area contributed by atoms with E-state index in [1.165, 1.54) is 38.5 Å². The van der Waals surface area contributed by atoms with Crippen molar-refractivity contribution in [3.05, 3.63) is 24.3 Å². The van der Waals surface area contributed by atoms with E-state index in [1.807, 2.05) is 12.3 Å². The van der Waals surface area contributed by atoms with Gasteiger partial charge in [0.2, 0.25) is 5.91 Å². The van der Waals surface area contributed by atoms with Gasteiger partial charge in [-0.3, -0.25) is 4.79 Å². The zero-order valence-electron chi connectivity index (χ0n) is 14.5. The average molecular weight is 339 g/mol. The lowest BCUT2D eigenvalue weighted by Crippen LogP contribution is -2.38. The maximum Gasteiger partial charge on any atom is 0.252 e. The van der Waals surface area contributed by atoms with E-state index in [2.05, 4.69) is 20.0 Å². The molecule has 0 radical (unpaired) electrons. The molecule has 1 saturated heterocycles. The lowest BCUT2D eigenvalue weighted by Gasteiger charge is -2.30. The summed E-state index contributed by atoms with van der Waals surface area (Å²) < 4.78 is 1.64. The summed E-state index contributed by atoms with van der Waals surface area (Å²) in [5.74, 6) is 4.10. The molecule has 2 aliphatic carbocycles. The Morgan fingerprint density at radius 3 is 3.00 bits per heavy atom. The summed E-state index contributed by atoms with van der Waals surface area (Å²) in [6, 6.07) is 2.26. The SMILES string of the molecule is O=C(Cc1nc2ncccn2n1)N1CCC[C@@H]1C[C@H]1C[C@H]2CC[C@H]1C2. The summed E-state index contributed by atoms with van der Waals surface area (Å²) in [7, 11) is 0. The minimum absolute atomic E-state index is 0.182. The van der Waals surface area contributed by atoms with Crippen LogP contribution in [0.1, 0.15) is 50.8 Å². The summed E-state index contributed by atoms with van der Waals surface area (Å²) in [6.07, 6.45) is 13.0. The van der Waals surface area contributed by atoms with Crippen LogP contribution in [0.5, 0.6) is 0 Å². The highest BCUT2D eigenvalue weighted by Gasteiger charge is 2.42. The number of carbonyl (C=O) groups is 1. The second kappa shape index (κ2) is 6.07. The number of fused-ring (bicyclic) bond motifs is 3. The van der Waals surface area contributed by atoms with Gasteiger partial charge in [0.1, 0.15) is 0 Å². The predicted molar refractivity (Wildman–Crippen MR) is 92.8 cm³/mol. The van der Waals surface area contributed by atoms with Crippen LogP contribution in [-0.2, 0) is 11.2 Å². The number of likely N-dealkylation sites (tertiary alicyclic amines) is 1. The summed E-state index contributed by atoms with van der Waals surface area (Å²) in [4.78, 5) is 23.5. The van der Waals surface area contributed by atoms with Gasteiger partial charge in [-0.05, 0) is 62.3 Å². The molecule has 1 amide bonds. The fraction of sp³-hybridized carbons (Fsp3) is 0.684. The van der Waals surface area contributed by atoms with Gasteiger partial charge in [-0.2, -0.15) is 4.98 Å². The zero-order chi connectivity index (χ0) is 16.8. The fourth-order valence-corrected chi connectivity index (χ4v) is 5.51. The van der Waals surface area contributed by atoms with Crippen molar-refractivity contribution in [2.75, 3.05) is 6.54 Å². The van der Waals surface area contributed by atoms with Gasteiger partial charge in [0.25, 0.3) is 5.78 Å². The first kappa shape index (κ1) is 15.3. The first-order chi connectivity index (χ1) is 12.3. The quantitative estimate of drug-likeness (QED) is 0.858. The zero-order valence-corrected chi connectivity index (χ0v) is 14.5. The Bertz CT molecular complexity index is 754. The molecule has 0 unspecified atom stereocenters. The number of aromatic nitrogens is 4. The van der Waals surface area contributed by atoms with Crippen molar-refractivity contribution < 1.29 is 4.79 Å². The Morgan fingerprint density at radius 1 is 1.24 bits per heavy atom. The van der Waals surface area contributed by atoms with Crippen LogP contribution in [0, 0.1) is 17.8 Å². The van der Waals surface area contributed by atoms with E-state index in [-0.39, 0.29) is 12.3 Å². The normalized spacial score (nSPS) is 31.3. The maximum absolute atomic E-state index is 12.9. The number of rotatable bonds is 4.